The molecular weight excluding hydrogens is 174 g/mol. The standard InChI is InChI=1S/C10H11NO.C2H6/c1-7(2)8-3-4-9-10(5-8)12-6-11-9;1-2/h3-7H,1-2H3;1-2H3. The van der Waals surface area contributed by atoms with Crippen molar-refractivity contribution in [2.24, 2.45) is 0 Å². The molecule has 0 bridgehead atoms. The molecule has 0 saturated heterocycles. The zero-order valence-electron chi connectivity index (χ0n) is 9.24. The fraction of sp³-hybridized carbons (Fsp3) is 0.417. The lowest BCUT2D eigenvalue weighted by Gasteiger charge is -2.02. The third-order valence-corrected chi connectivity index (χ3v) is 2.02. The molecule has 2 aromatic rings. The maximum Gasteiger partial charge on any atom is 0.181 e. The number of hydrogen-bond donors (Lipinski definition) is 0. The van der Waals surface area contributed by atoms with Crippen LogP contribution in [0.1, 0.15) is 39.2 Å². The third-order valence-electron chi connectivity index (χ3n) is 2.02. The maximum absolute atomic E-state index is 5.20. The van der Waals surface area contributed by atoms with Gasteiger partial charge in [0.1, 0.15) is 5.52 Å². The average molecular weight is 191 g/mol. The van der Waals surface area contributed by atoms with Crippen LogP contribution in [0.15, 0.2) is 29.0 Å². The van der Waals surface area contributed by atoms with Crippen molar-refractivity contribution in [1.29, 1.82) is 0 Å². The van der Waals surface area contributed by atoms with Crippen molar-refractivity contribution in [2.45, 2.75) is 33.6 Å². The number of rotatable bonds is 1. The van der Waals surface area contributed by atoms with Crippen LogP contribution in [0.2, 0.25) is 0 Å². The Morgan fingerprint density at radius 3 is 2.57 bits per heavy atom. The summed E-state index contributed by atoms with van der Waals surface area (Å²) in [5.74, 6) is 0.541. The number of aromatic nitrogens is 1. The molecule has 0 N–H and O–H groups in total. The van der Waals surface area contributed by atoms with E-state index in [0.29, 0.717) is 5.92 Å². The van der Waals surface area contributed by atoms with E-state index in [0.717, 1.165) is 11.1 Å². The number of nitrogens with zero attached hydrogens (tertiary/aromatic N) is 1. The van der Waals surface area contributed by atoms with Crippen molar-refractivity contribution < 1.29 is 4.42 Å². The number of hydrogen-bond acceptors (Lipinski definition) is 2. The molecule has 1 heterocycles. The quantitative estimate of drug-likeness (QED) is 0.681. The van der Waals surface area contributed by atoms with Crippen LogP contribution in [0.4, 0.5) is 0 Å². The summed E-state index contributed by atoms with van der Waals surface area (Å²) in [4.78, 5) is 4.05. The molecule has 0 spiro atoms. The van der Waals surface area contributed by atoms with E-state index in [1.165, 1.54) is 12.0 Å². The second-order valence-electron chi connectivity index (χ2n) is 3.23. The van der Waals surface area contributed by atoms with Crippen molar-refractivity contribution in [3.05, 3.63) is 30.2 Å². The average Bonchev–Trinajstić information content (AvgIpc) is 2.67. The van der Waals surface area contributed by atoms with Crippen molar-refractivity contribution in [3.8, 4) is 0 Å². The van der Waals surface area contributed by atoms with Gasteiger partial charge in [-0.15, -0.1) is 0 Å². The summed E-state index contributed by atoms with van der Waals surface area (Å²) in [6, 6.07) is 6.14. The topological polar surface area (TPSA) is 26.0 Å². The molecule has 0 fully saturated rings. The minimum atomic E-state index is 0.541. The summed E-state index contributed by atoms with van der Waals surface area (Å²) in [7, 11) is 0. The van der Waals surface area contributed by atoms with Crippen LogP contribution in [-0.2, 0) is 0 Å². The van der Waals surface area contributed by atoms with Crippen LogP contribution >= 0.6 is 0 Å². The van der Waals surface area contributed by atoms with Crippen molar-refractivity contribution >= 4 is 11.1 Å². The van der Waals surface area contributed by atoms with Gasteiger partial charge in [0.25, 0.3) is 0 Å². The van der Waals surface area contributed by atoms with Crippen LogP contribution in [0.3, 0.4) is 0 Å². The summed E-state index contributed by atoms with van der Waals surface area (Å²) < 4.78 is 5.20. The second kappa shape index (κ2) is 4.80. The van der Waals surface area contributed by atoms with Gasteiger partial charge in [0.15, 0.2) is 12.0 Å². The lowest BCUT2D eigenvalue weighted by atomic mass is 10.0. The van der Waals surface area contributed by atoms with Gasteiger partial charge in [-0.05, 0) is 23.6 Å². The molecule has 0 saturated carbocycles. The zero-order valence-corrected chi connectivity index (χ0v) is 9.24. The van der Waals surface area contributed by atoms with Crippen LogP contribution < -0.4 is 0 Å². The predicted octanol–water partition coefficient (Wildman–Crippen LogP) is 3.98. The summed E-state index contributed by atoms with van der Waals surface area (Å²) in [6.45, 7) is 8.33. The molecular formula is C12H17NO. The van der Waals surface area contributed by atoms with Gasteiger partial charge in [-0.1, -0.05) is 33.8 Å². The summed E-state index contributed by atoms with van der Waals surface area (Å²) in [5, 5.41) is 0. The molecule has 1 aromatic heterocycles. The molecule has 14 heavy (non-hydrogen) atoms. The molecule has 0 amide bonds. The summed E-state index contributed by atoms with van der Waals surface area (Å²) >= 11 is 0. The van der Waals surface area contributed by atoms with E-state index in [1.807, 2.05) is 26.0 Å². The van der Waals surface area contributed by atoms with Gasteiger partial charge in [0, 0.05) is 0 Å². The van der Waals surface area contributed by atoms with Crippen molar-refractivity contribution in [2.75, 3.05) is 0 Å². The largest absolute Gasteiger partial charge is 0.443 e. The molecule has 1 aromatic carbocycles. The summed E-state index contributed by atoms with van der Waals surface area (Å²) in [5.41, 5.74) is 3.10. The molecule has 2 rings (SSSR count). The van der Waals surface area contributed by atoms with Crippen LogP contribution in [-0.4, -0.2) is 4.98 Å². The van der Waals surface area contributed by atoms with Crippen LogP contribution in [0.5, 0.6) is 0 Å². The van der Waals surface area contributed by atoms with Gasteiger partial charge in [0.2, 0.25) is 0 Å². The van der Waals surface area contributed by atoms with Gasteiger partial charge >= 0.3 is 0 Å². The number of fused-ring (bicyclic) bond motifs is 1. The van der Waals surface area contributed by atoms with Crippen LogP contribution in [0, 0.1) is 0 Å². The lowest BCUT2D eigenvalue weighted by molar-refractivity contribution is 0.601. The van der Waals surface area contributed by atoms with Gasteiger partial charge in [-0.25, -0.2) is 4.98 Å². The first-order valence-electron chi connectivity index (χ1n) is 5.10. The highest BCUT2D eigenvalue weighted by Gasteiger charge is 2.02. The van der Waals surface area contributed by atoms with Gasteiger partial charge in [0.05, 0.1) is 0 Å². The molecule has 2 heteroatoms. The molecule has 0 aliphatic heterocycles. The molecule has 0 unspecified atom stereocenters. The van der Waals surface area contributed by atoms with E-state index in [-0.39, 0.29) is 0 Å². The Balaban J connectivity index is 0.000000461. The first-order valence-corrected chi connectivity index (χ1v) is 5.10. The highest BCUT2D eigenvalue weighted by molar-refractivity contribution is 5.72. The first-order chi connectivity index (χ1) is 6.77. The van der Waals surface area contributed by atoms with E-state index in [4.69, 9.17) is 4.42 Å². The fourth-order valence-electron chi connectivity index (χ4n) is 1.23. The highest BCUT2D eigenvalue weighted by Crippen LogP contribution is 2.19. The summed E-state index contributed by atoms with van der Waals surface area (Å²) in [6.07, 6.45) is 1.48. The minimum Gasteiger partial charge on any atom is -0.443 e. The normalized spacial score (nSPS) is 10.1. The van der Waals surface area contributed by atoms with E-state index < -0.39 is 0 Å². The zero-order chi connectivity index (χ0) is 10.6. The Kier molecular flexibility index (Phi) is 3.69. The molecule has 76 valence electrons. The number of oxazole rings is 1. The monoisotopic (exact) mass is 191 g/mol. The maximum atomic E-state index is 5.20. The van der Waals surface area contributed by atoms with Gasteiger partial charge < -0.3 is 4.42 Å². The highest BCUT2D eigenvalue weighted by atomic mass is 16.3. The Morgan fingerprint density at radius 2 is 1.93 bits per heavy atom. The van der Waals surface area contributed by atoms with E-state index >= 15 is 0 Å². The van der Waals surface area contributed by atoms with Crippen molar-refractivity contribution in [1.82, 2.24) is 4.98 Å². The lowest BCUT2D eigenvalue weighted by Crippen LogP contribution is -1.85. The third kappa shape index (κ3) is 2.13. The molecule has 0 aliphatic rings. The Hall–Kier alpha value is -1.31. The van der Waals surface area contributed by atoms with E-state index in [2.05, 4.69) is 24.9 Å². The van der Waals surface area contributed by atoms with E-state index in [1.54, 1.807) is 0 Å². The number of benzene rings is 1. The van der Waals surface area contributed by atoms with Gasteiger partial charge in [-0.3, -0.25) is 0 Å². The predicted molar refractivity (Wildman–Crippen MR) is 59.4 cm³/mol. The Bertz CT molecular complexity index is 390. The molecule has 0 aliphatic carbocycles. The van der Waals surface area contributed by atoms with E-state index in [9.17, 15) is 0 Å². The second-order valence-corrected chi connectivity index (χ2v) is 3.23. The van der Waals surface area contributed by atoms with Crippen LogP contribution in [0.25, 0.3) is 11.1 Å². The fourth-order valence-corrected chi connectivity index (χ4v) is 1.23. The smallest absolute Gasteiger partial charge is 0.181 e. The van der Waals surface area contributed by atoms with Crippen molar-refractivity contribution in [3.63, 3.8) is 0 Å². The minimum absolute atomic E-state index is 0.541. The first kappa shape index (κ1) is 10.8. The Labute approximate surface area is 85.0 Å². The molecule has 0 atom stereocenters. The molecule has 0 radical (unpaired) electrons. The Morgan fingerprint density at radius 1 is 1.21 bits per heavy atom. The SMILES string of the molecule is CC.CC(C)c1ccc2ncoc2c1. The molecule has 2 nitrogen and oxygen atoms in total. The van der Waals surface area contributed by atoms with Gasteiger partial charge in [-0.2, -0.15) is 0 Å².